The Morgan fingerprint density at radius 2 is 0.440 bits per heavy atom. The molecule has 150 heavy (non-hydrogen) atoms. The standard InChI is InChI=1S/C18H12N2.2C11H9N.3C10H8N2.2C7H10N2.2C6H5NO.6C2H4.6CH3.12ClH.6Ru/c1-2-7-15-12-19-18(11-14(15)6-1)17-10-9-13-5-3-4-8-16(13)20-17;2*1-2-4-10(5-3-1)11-6-8-12-9-7-11;2*1-5-11-6-2-9(1)10-3-7-12-8-4-10;1-3-7-11-9(5-1)10-6-2-4-8-12-10;2*1-9(2)7-3-5-8-6-4-7;2*8-5-6-3-1-2-4-7-6;6*1-2;;;;;;;;;;;;;;;;;;;;;;;;/h1-12H;2*1-9H;3*1-8H;2*3-6H,1-2H3;2*1-5H;6*1H,2H3;6*1H3;12*1H;;;;;;/q;;;;;;;;;;;;;;;;6*-1;;;;;;;;;;;;;6*+2/p-12. The van der Waals surface area contributed by atoms with Crippen LogP contribution < -0.4 is 9.80 Å². The van der Waals surface area contributed by atoms with Crippen LogP contribution in [-0.4, -0.2) is 138 Å². The van der Waals surface area contributed by atoms with Gasteiger partial charge in [0.1, 0.15) is 11.4 Å². The third-order valence-electron chi connectivity index (χ3n) is 16.9. The Morgan fingerprint density at radius 3 is 0.667 bits per heavy atom. The van der Waals surface area contributed by atoms with E-state index in [-0.39, 0.29) is 44.6 Å². The molecule has 0 aliphatic heterocycles. The Morgan fingerprint density at radius 1 is 0.213 bits per heavy atom. The van der Waals surface area contributed by atoms with Gasteiger partial charge in [-0.25, -0.2) is 4.98 Å². The number of aromatic nitrogens is 14. The second-order valence-corrected chi connectivity index (χ2v) is 64.1. The number of halogens is 12. The number of para-hydroxylation sites is 1. The molecule has 14 aromatic heterocycles. The first-order valence-electron chi connectivity index (χ1n) is 42.4. The summed E-state index contributed by atoms with van der Waals surface area (Å²) in [7, 11) is 71.8. The minimum Gasteiger partial charge on any atom is -0.358 e. The molecule has 0 radical (unpaired) electrons. The van der Waals surface area contributed by atoms with Crippen molar-refractivity contribution in [2.75, 3.05) is 38.0 Å². The third kappa shape index (κ3) is 72.5. The van der Waals surface area contributed by atoms with E-state index < -0.39 is 81.1 Å². The van der Waals surface area contributed by atoms with Gasteiger partial charge in [-0.2, -0.15) is 0 Å². The van der Waals surface area contributed by atoms with Gasteiger partial charge in [0.05, 0.1) is 28.3 Å². The molecule has 4 aromatic carbocycles. The van der Waals surface area contributed by atoms with Gasteiger partial charge in [-0.1, -0.05) is 133 Å². The van der Waals surface area contributed by atoms with Gasteiger partial charge in [-0.05, 0) is 214 Å². The first-order chi connectivity index (χ1) is 69.8. The second-order valence-electron chi connectivity index (χ2n) is 26.8. The molecule has 0 aliphatic rings. The van der Waals surface area contributed by atoms with Crippen LogP contribution in [0.15, 0.2) is 427 Å². The van der Waals surface area contributed by atoms with E-state index in [1.807, 2.05) is 344 Å². The number of anilines is 2. The molecule has 14 heterocycles. The number of hydrogen-bond donors (Lipinski definition) is 0. The zero-order valence-corrected chi connectivity index (χ0v) is 105. The molecular formula is C114H126Cl12N16O2Ru6-6. The average molecular weight is 2780 g/mol. The van der Waals surface area contributed by atoms with Crippen LogP contribution in [0.25, 0.3) is 89.0 Å². The molecule has 0 unspecified atom stereocenters. The van der Waals surface area contributed by atoms with Crippen LogP contribution in [0, 0.1) is 44.6 Å². The fourth-order valence-corrected chi connectivity index (χ4v) is 10.2. The first kappa shape index (κ1) is 147. The summed E-state index contributed by atoms with van der Waals surface area (Å²) in [5.74, 6) is 0. The van der Waals surface area contributed by atoms with Gasteiger partial charge in [0, 0.05) is 180 Å². The monoisotopic (exact) mass is 2780 g/mol. The van der Waals surface area contributed by atoms with Gasteiger partial charge in [-0.3, -0.25) is 74.4 Å². The van der Waals surface area contributed by atoms with E-state index in [0.717, 1.165) is 51.6 Å². The summed E-state index contributed by atoms with van der Waals surface area (Å²) in [6.07, 6.45) is 38.7. The van der Waals surface area contributed by atoms with Gasteiger partial charge in [0.15, 0.2) is 12.6 Å². The van der Waals surface area contributed by atoms with Gasteiger partial charge in [0.2, 0.25) is 0 Å². The number of benzene rings is 4. The van der Waals surface area contributed by atoms with Gasteiger partial charge in [0.25, 0.3) is 0 Å². The molecule has 812 valence electrons. The van der Waals surface area contributed by atoms with Crippen LogP contribution in [0.3, 0.4) is 0 Å². The minimum absolute atomic E-state index is 0. The Kier molecular flexibility index (Phi) is 95.0. The van der Waals surface area contributed by atoms with Crippen molar-refractivity contribution in [3.05, 3.63) is 483 Å². The smallest absolute Gasteiger partial charge is 0.168 e. The fraction of sp³-hybridized carbons (Fsp3) is 0.0877. The summed E-state index contributed by atoms with van der Waals surface area (Å²) in [6, 6.07) is 96.9. The number of pyridine rings is 14. The molecule has 0 saturated heterocycles. The second kappa shape index (κ2) is 96.9. The number of carbonyl (C=O) groups excluding carboxylic acids is 2. The molecule has 0 spiro atoms. The van der Waals surface area contributed by atoms with Gasteiger partial charge < -0.3 is 54.4 Å². The van der Waals surface area contributed by atoms with E-state index in [2.05, 4.69) is 124 Å². The number of carbonyl (C=O) groups is 2. The van der Waals surface area contributed by atoms with Crippen molar-refractivity contribution in [1.29, 1.82) is 0 Å². The Balaban J connectivity index is -0.000000769. The van der Waals surface area contributed by atoms with Crippen molar-refractivity contribution < 1.29 is 90.7 Å². The zero-order valence-electron chi connectivity index (χ0n) is 85.7. The number of aldehydes is 2. The summed E-state index contributed by atoms with van der Waals surface area (Å²) < 4.78 is 11.0. The predicted octanol–water partition coefficient (Wildman–Crippen LogP) is 33.6. The van der Waals surface area contributed by atoms with Crippen molar-refractivity contribution in [2.45, 2.75) is 41.5 Å². The van der Waals surface area contributed by atoms with Crippen molar-refractivity contribution in [3.63, 3.8) is 0 Å². The molecule has 18 aromatic rings. The molecule has 0 fully saturated rings. The number of hydrogen-bond acceptors (Lipinski definition) is 18. The SMILES string of the molecule is CN(C)c1ccncc1.CN(C)c1ccncc1.C[CH]=[Ru]([Cl])[Cl].C[CH]=[Ru]([Cl])[Cl].C[CH]=[Ru]([Cl])[Cl].C[CH]=[Ru]([Cl])[Cl].C[CH]=[Ru]([Cl])[Cl].C[CH]=[Ru]([Cl])[Cl].O=Cc1ccccn1.O=Cc1ccccn1.[CH3-].[CH3-].[CH3-].[CH3-].[CH3-].[CH3-].c1cc(-c2ccncc2)ccn1.c1cc(-c2ccncc2)ccn1.c1ccc(-c2ccccn2)nc1.c1ccc(-c2ccncc2)cc1.c1ccc(-c2ccncc2)cc1.c1ccc2cc(-c3ccc4ccccc4n3)ncc2c1. The zero-order chi connectivity index (χ0) is 105. The van der Waals surface area contributed by atoms with E-state index in [1.165, 1.54) is 61.3 Å². The van der Waals surface area contributed by atoms with Crippen molar-refractivity contribution >= 4 is 190 Å². The molecule has 0 amide bonds. The van der Waals surface area contributed by atoms with Crippen LogP contribution in [0.1, 0.15) is 62.5 Å². The Hall–Kier alpha value is -9.12. The molecule has 18 rings (SSSR count). The van der Waals surface area contributed by atoms with Crippen molar-refractivity contribution in [1.82, 2.24) is 69.8 Å². The maximum atomic E-state index is 9.94. The van der Waals surface area contributed by atoms with Gasteiger partial charge >= 0.3 is 267 Å². The van der Waals surface area contributed by atoms with Crippen molar-refractivity contribution in [3.8, 4) is 67.3 Å². The van der Waals surface area contributed by atoms with Crippen LogP contribution >= 0.6 is 116 Å². The quantitative estimate of drug-likeness (QED) is 0.0705. The number of rotatable bonds is 10. The van der Waals surface area contributed by atoms with E-state index >= 15 is 0 Å². The molecular weight excluding hydrogens is 2660 g/mol. The molecule has 0 aliphatic carbocycles. The van der Waals surface area contributed by atoms with Crippen molar-refractivity contribution in [2.24, 2.45) is 0 Å². The fourth-order valence-electron chi connectivity index (χ4n) is 10.2. The maximum Gasteiger partial charge on any atom is 0.168 e. The average Bonchev–Trinajstić information content (AvgIpc) is 0.803. The molecule has 0 bridgehead atoms. The molecule has 0 saturated carbocycles. The van der Waals surface area contributed by atoms with E-state index in [4.69, 9.17) is 116 Å². The predicted molar refractivity (Wildman–Crippen MR) is 640 cm³/mol. The number of nitrogens with zero attached hydrogens (tertiary/aromatic N) is 16. The Bertz CT molecular complexity index is 5650. The summed E-state index contributed by atoms with van der Waals surface area (Å²) >= 11 is -8.18. The summed E-state index contributed by atoms with van der Waals surface area (Å²) in [4.78, 5) is 80.6. The van der Waals surface area contributed by atoms with E-state index in [1.54, 1.807) is 136 Å². The Labute approximate surface area is 968 Å². The summed E-state index contributed by atoms with van der Waals surface area (Å²) in [6.45, 7) is 11.2. The largest absolute Gasteiger partial charge is 0.358 e. The van der Waals surface area contributed by atoms with Crippen LogP contribution in [0.5, 0.6) is 0 Å². The molecule has 0 atom stereocenters. The van der Waals surface area contributed by atoms with Crippen LogP contribution in [0.2, 0.25) is 0 Å². The molecule has 18 nitrogen and oxygen atoms in total. The normalized spacial score (nSPS) is 9.45. The van der Waals surface area contributed by atoms with Crippen LogP contribution in [-0.2, 0) is 81.1 Å². The number of fused-ring (bicyclic) bond motifs is 2. The maximum absolute atomic E-state index is 9.94. The first-order valence-corrected chi connectivity index (χ1v) is 75.3. The van der Waals surface area contributed by atoms with Gasteiger partial charge in [-0.15, -0.1) is 0 Å². The summed E-state index contributed by atoms with van der Waals surface area (Å²) in [5, 5.41) is 3.49. The third-order valence-corrected chi connectivity index (χ3v) is 32.5. The van der Waals surface area contributed by atoms with E-state index in [0.29, 0.717) is 11.4 Å². The van der Waals surface area contributed by atoms with Crippen LogP contribution in [0.4, 0.5) is 11.4 Å². The summed E-state index contributed by atoms with van der Waals surface area (Å²) in [5.41, 5.74) is 17.6. The molecule has 0 N–H and O–H groups in total. The van der Waals surface area contributed by atoms with E-state index in [9.17, 15) is 9.59 Å². The minimum atomic E-state index is -1.36. The topological polar surface area (TPSA) is 221 Å². The molecule has 36 heteroatoms.